The molecule has 1 nitrogen and oxygen atoms in total. The molecule has 0 unspecified atom stereocenters. The molecule has 0 fully saturated rings. The van der Waals surface area contributed by atoms with Crippen LogP contribution >= 0.6 is 34.1 Å². The summed E-state index contributed by atoms with van der Waals surface area (Å²) in [4.78, 5) is 1.40. The highest BCUT2D eigenvalue weighted by molar-refractivity contribution is 14.1. The second-order valence-electron chi connectivity index (χ2n) is 3.66. The largest absolute Gasteiger partial charge is 0.197 e. The average Bonchev–Trinajstić information content (AvgIpc) is 2.11. The second kappa shape index (κ2) is 3.01. The SMILES string of the molecule is Cc1nsc(C(C)(C)C)c1I. The van der Waals surface area contributed by atoms with Gasteiger partial charge in [-0.05, 0) is 46.5 Å². The highest BCUT2D eigenvalue weighted by Gasteiger charge is 2.20. The van der Waals surface area contributed by atoms with Gasteiger partial charge in [-0.2, -0.15) is 4.37 Å². The summed E-state index contributed by atoms with van der Waals surface area (Å²) < 4.78 is 5.65. The van der Waals surface area contributed by atoms with Gasteiger partial charge in [-0.25, -0.2) is 0 Å². The van der Waals surface area contributed by atoms with Crippen LogP contribution in [0.4, 0.5) is 0 Å². The van der Waals surface area contributed by atoms with Crippen molar-refractivity contribution in [3.63, 3.8) is 0 Å². The Hall–Kier alpha value is 0.360. The minimum Gasteiger partial charge on any atom is -0.197 e. The van der Waals surface area contributed by atoms with Gasteiger partial charge in [0.2, 0.25) is 0 Å². The fourth-order valence-corrected chi connectivity index (χ4v) is 3.03. The lowest BCUT2D eigenvalue weighted by atomic mass is 9.94. The number of hydrogen-bond acceptors (Lipinski definition) is 2. The molecule has 0 atom stereocenters. The summed E-state index contributed by atoms with van der Waals surface area (Å²) in [5.74, 6) is 0. The zero-order valence-corrected chi connectivity index (χ0v) is 10.2. The summed E-state index contributed by atoms with van der Waals surface area (Å²) in [6, 6.07) is 0. The standard InChI is InChI=1S/C8H12INS/c1-5-6(9)7(11-10-5)8(2,3)4/h1-4H3. The van der Waals surface area contributed by atoms with Crippen LogP contribution in [0.3, 0.4) is 0 Å². The molecule has 0 aliphatic heterocycles. The van der Waals surface area contributed by atoms with Crippen LogP contribution in [-0.4, -0.2) is 4.37 Å². The minimum atomic E-state index is 0.252. The third-order valence-corrected chi connectivity index (χ3v) is 4.52. The molecule has 0 bridgehead atoms. The zero-order valence-electron chi connectivity index (χ0n) is 7.23. The summed E-state index contributed by atoms with van der Waals surface area (Å²) >= 11 is 4.00. The summed E-state index contributed by atoms with van der Waals surface area (Å²) in [6.07, 6.45) is 0. The monoisotopic (exact) mass is 281 g/mol. The molecule has 3 heteroatoms. The summed E-state index contributed by atoms with van der Waals surface area (Å²) in [5.41, 5.74) is 1.42. The van der Waals surface area contributed by atoms with E-state index in [4.69, 9.17) is 0 Å². The van der Waals surface area contributed by atoms with E-state index in [1.807, 2.05) is 0 Å². The third kappa shape index (κ3) is 1.93. The van der Waals surface area contributed by atoms with E-state index in [2.05, 4.69) is 54.7 Å². The third-order valence-electron chi connectivity index (χ3n) is 1.47. The van der Waals surface area contributed by atoms with Crippen molar-refractivity contribution in [2.24, 2.45) is 0 Å². The number of nitrogens with zero attached hydrogens (tertiary/aromatic N) is 1. The van der Waals surface area contributed by atoms with Crippen molar-refractivity contribution in [1.82, 2.24) is 4.37 Å². The van der Waals surface area contributed by atoms with Gasteiger partial charge in [-0.1, -0.05) is 20.8 Å². The van der Waals surface area contributed by atoms with Crippen LogP contribution in [0.5, 0.6) is 0 Å². The average molecular weight is 281 g/mol. The lowest BCUT2D eigenvalue weighted by Gasteiger charge is -2.15. The molecule has 0 aliphatic rings. The Kier molecular flexibility index (Phi) is 2.59. The molecular weight excluding hydrogens is 269 g/mol. The Balaban J connectivity index is 3.15. The van der Waals surface area contributed by atoms with E-state index in [-0.39, 0.29) is 5.41 Å². The number of aromatic nitrogens is 1. The zero-order chi connectivity index (χ0) is 8.65. The Morgan fingerprint density at radius 1 is 1.36 bits per heavy atom. The lowest BCUT2D eigenvalue weighted by molar-refractivity contribution is 0.600. The molecular formula is C8H12INS. The van der Waals surface area contributed by atoms with Crippen molar-refractivity contribution >= 4 is 34.1 Å². The van der Waals surface area contributed by atoms with Gasteiger partial charge in [0.1, 0.15) is 0 Å². The highest BCUT2D eigenvalue weighted by Crippen LogP contribution is 2.31. The first-order chi connectivity index (χ1) is 4.93. The first-order valence-corrected chi connectivity index (χ1v) is 5.40. The van der Waals surface area contributed by atoms with E-state index in [0.29, 0.717) is 0 Å². The van der Waals surface area contributed by atoms with Gasteiger partial charge in [0.05, 0.1) is 9.26 Å². The first-order valence-electron chi connectivity index (χ1n) is 3.55. The van der Waals surface area contributed by atoms with E-state index >= 15 is 0 Å². The molecule has 0 N–H and O–H groups in total. The van der Waals surface area contributed by atoms with Crippen molar-refractivity contribution in [3.05, 3.63) is 14.1 Å². The molecule has 0 amide bonds. The van der Waals surface area contributed by atoms with E-state index in [9.17, 15) is 0 Å². The topological polar surface area (TPSA) is 12.9 Å². The molecule has 0 aliphatic carbocycles. The van der Waals surface area contributed by atoms with Crippen molar-refractivity contribution in [3.8, 4) is 0 Å². The van der Waals surface area contributed by atoms with Gasteiger partial charge in [0.15, 0.2) is 0 Å². The molecule has 0 saturated carbocycles. The van der Waals surface area contributed by atoms with Crippen LogP contribution in [-0.2, 0) is 5.41 Å². The first kappa shape index (κ1) is 9.45. The highest BCUT2D eigenvalue weighted by atomic mass is 127. The predicted molar refractivity (Wildman–Crippen MR) is 58.3 cm³/mol. The second-order valence-corrected chi connectivity index (χ2v) is 5.51. The van der Waals surface area contributed by atoms with Gasteiger partial charge in [0.25, 0.3) is 0 Å². The van der Waals surface area contributed by atoms with Gasteiger partial charge < -0.3 is 0 Å². The lowest BCUT2D eigenvalue weighted by Crippen LogP contribution is -2.10. The van der Waals surface area contributed by atoms with Crippen LogP contribution in [0.1, 0.15) is 31.3 Å². The van der Waals surface area contributed by atoms with E-state index < -0.39 is 0 Å². The quantitative estimate of drug-likeness (QED) is 0.664. The Bertz CT molecular complexity index is 260. The maximum atomic E-state index is 4.32. The molecule has 0 saturated heterocycles. The normalized spacial score (nSPS) is 12.1. The molecule has 1 aromatic rings. The molecule has 1 aromatic heterocycles. The van der Waals surface area contributed by atoms with Crippen molar-refractivity contribution in [2.75, 3.05) is 0 Å². The Morgan fingerprint density at radius 3 is 2.09 bits per heavy atom. The van der Waals surface area contributed by atoms with Crippen molar-refractivity contribution in [1.29, 1.82) is 0 Å². The number of rotatable bonds is 0. The molecule has 62 valence electrons. The molecule has 0 aromatic carbocycles. The van der Waals surface area contributed by atoms with Crippen LogP contribution in [0.2, 0.25) is 0 Å². The molecule has 1 heterocycles. The minimum absolute atomic E-state index is 0.252. The van der Waals surface area contributed by atoms with Gasteiger partial charge >= 0.3 is 0 Å². The summed E-state index contributed by atoms with van der Waals surface area (Å²) in [6.45, 7) is 8.74. The number of hydrogen-bond donors (Lipinski definition) is 0. The Labute approximate surface area is 85.5 Å². The molecule has 0 radical (unpaired) electrons. The summed E-state index contributed by atoms with van der Waals surface area (Å²) in [7, 11) is 0. The molecule has 0 spiro atoms. The van der Waals surface area contributed by atoms with Gasteiger partial charge in [-0.15, -0.1) is 0 Å². The fourth-order valence-electron chi connectivity index (χ4n) is 0.825. The molecule has 1 rings (SSSR count). The van der Waals surface area contributed by atoms with Crippen LogP contribution in [0, 0.1) is 10.5 Å². The number of halogens is 1. The Morgan fingerprint density at radius 2 is 1.91 bits per heavy atom. The smallest absolute Gasteiger partial charge is 0.0647 e. The van der Waals surface area contributed by atoms with Crippen LogP contribution in [0.15, 0.2) is 0 Å². The number of aryl methyl sites for hydroxylation is 1. The van der Waals surface area contributed by atoms with Crippen molar-refractivity contribution in [2.45, 2.75) is 33.1 Å². The molecule has 11 heavy (non-hydrogen) atoms. The maximum Gasteiger partial charge on any atom is 0.0647 e. The van der Waals surface area contributed by atoms with E-state index in [0.717, 1.165) is 0 Å². The van der Waals surface area contributed by atoms with Crippen LogP contribution in [0.25, 0.3) is 0 Å². The maximum absolute atomic E-state index is 4.32. The van der Waals surface area contributed by atoms with Crippen molar-refractivity contribution < 1.29 is 0 Å². The fraction of sp³-hybridized carbons (Fsp3) is 0.625. The van der Waals surface area contributed by atoms with E-state index in [1.54, 1.807) is 11.5 Å². The predicted octanol–water partition coefficient (Wildman–Crippen LogP) is 3.35. The van der Waals surface area contributed by atoms with E-state index in [1.165, 1.54) is 14.1 Å². The van der Waals surface area contributed by atoms with Crippen LogP contribution < -0.4 is 0 Å². The van der Waals surface area contributed by atoms with Gasteiger partial charge in [0, 0.05) is 4.88 Å². The summed E-state index contributed by atoms with van der Waals surface area (Å²) in [5, 5.41) is 0. The van der Waals surface area contributed by atoms with Gasteiger partial charge in [-0.3, -0.25) is 0 Å².